The van der Waals surface area contributed by atoms with Gasteiger partial charge < -0.3 is 15.0 Å². The van der Waals surface area contributed by atoms with Crippen LogP contribution >= 0.6 is 11.6 Å². The molecule has 0 aliphatic rings. The number of nitrogens with zero attached hydrogens (tertiary/aromatic N) is 3. The van der Waals surface area contributed by atoms with Crippen LogP contribution in [0.5, 0.6) is 0 Å². The standard InChI is InChI=1S/C12H9ClN4O5/c13-7-1-2-10(14-4-7)15-11(18)6-16-5-8(17(21)22)3-9(16)12(19)20/h1-5H,6H2,(H,19,20)(H,14,15,18). The zero-order valence-corrected chi connectivity index (χ0v) is 11.6. The SMILES string of the molecule is O=C(Cn1cc([N+](=O)[O-])cc1C(=O)O)Nc1ccc(Cl)cn1. The molecule has 114 valence electrons. The van der Waals surface area contributed by atoms with Crippen LogP contribution in [0, 0.1) is 10.1 Å². The van der Waals surface area contributed by atoms with E-state index in [1.807, 2.05) is 0 Å². The third-order valence-corrected chi connectivity index (χ3v) is 2.84. The molecule has 0 aliphatic heterocycles. The summed E-state index contributed by atoms with van der Waals surface area (Å²) in [6.07, 6.45) is 2.32. The minimum Gasteiger partial charge on any atom is -0.477 e. The van der Waals surface area contributed by atoms with Crippen molar-refractivity contribution in [3.05, 3.63) is 51.4 Å². The smallest absolute Gasteiger partial charge is 0.352 e. The van der Waals surface area contributed by atoms with Crippen molar-refractivity contribution < 1.29 is 19.6 Å². The molecule has 0 atom stereocenters. The van der Waals surface area contributed by atoms with Crippen LogP contribution in [0.2, 0.25) is 5.02 Å². The molecule has 0 radical (unpaired) electrons. The number of halogens is 1. The highest BCUT2D eigenvalue weighted by Crippen LogP contribution is 2.17. The Kier molecular flexibility index (Phi) is 4.37. The summed E-state index contributed by atoms with van der Waals surface area (Å²) in [6.45, 7) is -0.403. The van der Waals surface area contributed by atoms with Gasteiger partial charge in [-0.05, 0) is 12.1 Å². The molecule has 2 heterocycles. The predicted octanol–water partition coefficient (Wildman–Crippen LogP) is 1.78. The third-order valence-electron chi connectivity index (χ3n) is 2.62. The number of carbonyl (C=O) groups excluding carboxylic acids is 1. The lowest BCUT2D eigenvalue weighted by atomic mass is 10.4. The van der Waals surface area contributed by atoms with E-state index in [1.165, 1.54) is 18.3 Å². The Hall–Kier alpha value is -2.94. The second-order valence-electron chi connectivity index (χ2n) is 4.18. The quantitative estimate of drug-likeness (QED) is 0.637. The molecule has 10 heteroatoms. The fourth-order valence-electron chi connectivity index (χ4n) is 1.69. The van der Waals surface area contributed by atoms with Crippen LogP contribution < -0.4 is 5.32 Å². The number of rotatable bonds is 5. The van der Waals surface area contributed by atoms with Gasteiger partial charge in [-0.25, -0.2) is 9.78 Å². The van der Waals surface area contributed by atoms with E-state index in [0.717, 1.165) is 16.8 Å². The lowest BCUT2D eigenvalue weighted by molar-refractivity contribution is -0.384. The van der Waals surface area contributed by atoms with Gasteiger partial charge in [0.15, 0.2) is 0 Å². The van der Waals surface area contributed by atoms with Gasteiger partial charge in [0.2, 0.25) is 5.91 Å². The van der Waals surface area contributed by atoms with E-state index in [4.69, 9.17) is 16.7 Å². The molecule has 2 rings (SSSR count). The number of anilines is 1. The van der Waals surface area contributed by atoms with Crippen LogP contribution in [0.15, 0.2) is 30.6 Å². The van der Waals surface area contributed by atoms with E-state index >= 15 is 0 Å². The van der Waals surface area contributed by atoms with Crippen molar-refractivity contribution >= 4 is 35.0 Å². The van der Waals surface area contributed by atoms with Crippen LogP contribution in [0.4, 0.5) is 11.5 Å². The summed E-state index contributed by atoms with van der Waals surface area (Å²) in [6, 6.07) is 3.87. The van der Waals surface area contributed by atoms with Crippen LogP contribution in [0.1, 0.15) is 10.5 Å². The molecule has 0 spiro atoms. The Morgan fingerprint density at radius 3 is 2.73 bits per heavy atom. The molecule has 0 unspecified atom stereocenters. The first-order valence-corrected chi connectivity index (χ1v) is 6.24. The molecule has 2 aromatic rings. The number of carboxylic acids is 1. The number of carbonyl (C=O) groups is 2. The van der Waals surface area contributed by atoms with Crippen molar-refractivity contribution in [1.29, 1.82) is 0 Å². The molecule has 2 aromatic heterocycles. The van der Waals surface area contributed by atoms with E-state index in [2.05, 4.69) is 10.3 Å². The molecule has 0 bridgehead atoms. The minimum absolute atomic E-state index is 0.230. The summed E-state index contributed by atoms with van der Waals surface area (Å²) in [5, 5.41) is 22.5. The van der Waals surface area contributed by atoms with Crippen molar-refractivity contribution in [3.8, 4) is 0 Å². The summed E-state index contributed by atoms with van der Waals surface area (Å²) in [5.74, 6) is -1.72. The van der Waals surface area contributed by atoms with E-state index in [9.17, 15) is 19.7 Å². The molecule has 0 saturated heterocycles. The molecule has 22 heavy (non-hydrogen) atoms. The highest BCUT2D eigenvalue weighted by Gasteiger charge is 2.20. The minimum atomic E-state index is -1.37. The normalized spacial score (nSPS) is 10.2. The summed E-state index contributed by atoms with van der Waals surface area (Å²) in [7, 11) is 0. The van der Waals surface area contributed by atoms with Gasteiger partial charge in [-0.2, -0.15) is 0 Å². The monoisotopic (exact) mass is 324 g/mol. The van der Waals surface area contributed by atoms with Crippen LogP contribution in [-0.4, -0.2) is 31.5 Å². The highest BCUT2D eigenvalue weighted by atomic mass is 35.5. The Balaban J connectivity index is 2.15. The second kappa shape index (κ2) is 6.22. The van der Waals surface area contributed by atoms with Crippen molar-refractivity contribution in [1.82, 2.24) is 9.55 Å². The maximum atomic E-state index is 11.9. The number of aromatic carboxylic acids is 1. The summed E-state index contributed by atoms with van der Waals surface area (Å²) < 4.78 is 0.978. The molecular formula is C12H9ClN4O5. The first kappa shape index (κ1) is 15.4. The number of nitrogens with one attached hydrogen (secondary N) is 1. The number of amides is 1. The Morgan fingerprint density at radius 2 is 2.18 bits per heavy atom. The van der Waals surface area contributed by atoms with Gasteiger partial charge in [0.05, 0.1) is 16.1 Å². The maximum absolute atomic E-state index is 11.9. The largest absolute Gasteiger partial charge is 0.477 e. The van der Waals surface area contributed by atoms with Gasteiger partial charge in [-0.1, -0.05) is 11.6 Å². The Labute approximate surface area is 128 Å². The fourth-order valence-corrected chi connectivity index (χ4v) is 1.80. The van der Waals surface area contributed by atoms with Gasteiger partial charge in [0.1, 0.15) is 18.1 Å². The number of carboxylic acid groups (broad SMARTS) is 1. The van der Waals surface area contributed by atoms with Crippen LogP contribution in [-0.2, 0) is 11.3 Å². The average Bonchev–Trinajstić information content (AvgIpc) is 2.85. The Bertz CT molecular complexity index is 740. The number of aromatic nitrogens is 2. The first-order chi connectivity index (χ1) is 10.4. The maximum Gasteiger partial charge on any atom is 0.352 e. The van der Waals surface area contributed by atoms with Crippen molar-refractivity contribution in [2.24, 2.45) is 0 Å². The van der Waals surface area contributed by atoms with Gasteiger partial charge in [-0.15, -0.1) is 0 Å². The predicted molar refractivity (Wildman–Crippen MR) is 75.9 cm³/mol. The first-order valence-electron chi connectivity index (χ1n) is 5.86. The highest BCUT2D eigenvalue weighted by molar-refractivity contribution is 6.30. The molecule has 0 aliphatic carbocycles. The Morgan fingerprint density at radius 1 is 1.45 bits per heavy atom. The van der Waals surface area contributed by atoms with Crippen molar-refractivity contribution in [2.75, 3.05) is 5.32 Å². The van der Waals surface area contributed by atoms with Gasteiger partial charge in [-0.3, -0.25) is 14.9 Å². The van der Waals surface area contributed by atoms with Crippen LogP contribution in [0.25, 0.3) is 0 Å². The van der Waals surface area contributed by atoms with Crippen LogP contribution in [0.3, 0.4) is 0 Å². The topological polar surface area (TPSA) is 127 Å². The zero-order chi connectivity index (χ0) is 16.3. The van der Waals surface area contributed by atoms with E-state index < -0.39 is 29.0 Å². The number of hydrogen-bond donors (Lipinski definition) is 2. The fraction of sp³-hybridized carbons (Fsp3) is 0.0833. The number of hydrogen-bond acceptors (Lipinski definition) is 5. The van der Waals surface area contributed by atoms with Gasteiger partial charge >= 0.3 is 5.97 Å². The van der Waals surface area contributed by atoms with Crippen molar-refractivity contribution in [3.63, 3.8) is 0 Å². The number of pyridine rings is 1. The molecular weight excluding hydrogens is 316 g/mol. The average molecular weight is 325 g/mol. The summed E-state index contributed by atoms with van der Waals surface area (Å²) >= 11 is 5.66. The lowest BCUT2D eigenvalue weighted by Crippen LogP contribution is -2.21. The second-order valence-corrected chi connectivity index (χ2v) is 4.62. The zero-order valence-electron chi connectivity index (χ0n) is 10.9. The lowest BCUT2D eigenvalue weighted by Gasteiger charge is -2.06. The van der Waals surface area contributed by atoms with Gasteiger partial charge in [0, 0.05) is 12.3 Å². The summed E-state index contributed by atoms with van der Waals surface area (Å²) in [5.41, 5.74) is -0.763. The van der Waals surface area contributed by atoms with E-state index in [0.29, 0.717) is 5.02 Å². The summed E-state index contributed by atoms with van der Waals surface area (Å²) in [4.78, 5) is 36.7. The number of nitro groups is 1. The molecule has 2 N–H and O–H groups in total. The van der Waals surface area contributed by atoms with Gasteiger partial charge in [0.25, 0.3) is 5.69 Å². The van der Waals surface area contributed by atoms with E-state index in [-0.39, 0.29) is 11.5 Å². The van der Waals surface area contributed by atoms with E-state index in [1.54, 1.807) is 0 Å². The molecule has 0 fully saturated rings. The molecule has 0 saturated carbocycles. The van der Waals surface area contributed by atoms with Crippen molar-refractivity contribution in [2.45, 2.75) is 6.54 Å². The molecule has 9 nitrogen and oxygen atoms in total. The third kappa shape index (κ3) is 3.58. The molecule has 1 amide bonds. The molecule has 0 aromatic carbocycles.